The number of nitrogens with one attached hydrogen (secondary N) is 2. The van der Waals surface area contributed by atoms with Crippen LogP contribution in [0.3, 0.4) is 0 Å². The standard InChI is InChI=1S/C31H33N3O3/c1-37-28-19-11-14-25(20-28)22-32-23-30(35)29(21-24-12-5-2-6-13-24)33-31(36)34(26-15-7-3-8-16-26)27-17-9-4-10-18-27/h2-20,29-30,32,35H,21-23H2,1H3,(H,33,36)/t29-,30-/m0/s1. The summed E-state index contributed by atoms with van der Waals surface area (Å²) < 4.78 is 5.30. The largest absolute Gasteiger partial charge is 0.497 e. The van der Waals surface area contributed by atoms with Crippen molar-refractivity contribution in [1.82, 2.24) is 10.6 Å². The minimum Gasteiger partial charge on any atom is -0.497 e. The Kier molecular flexibility index (Phi) is 9.29. The Morgan fingerprint density at radius 2 is 1.38 bits per heavy atom. The molecule has 0 saturated heterocycles. The molecule has 0 heterocycles. The lowest BCUT2D eigenvalue weighted by molar-refractivity contribution is 0.127. The van der Waals surface area contributed by atoms with Crippen LogP contribution in [0.4, 0.5) is 16.2 Å². The molecular weight excluding hydrogens is 462 g/mol. The van der Waals surface area contributed by atoms with E-state index in [-0.39, 0.29) is 6.03 Å². The Balaban J connectivity index is 1.50. The van der Waals surface area contributed by atoms with Gasteiger partial charge in [-0.15, -0.1) is 0 Å². The van der Waals surface area contributed by atoms with E-state index in [2.05, 4.69) is 10.6 Å². The molecule has 0 aliphatic rings. The monoisotopic (exact) mass is 495 g/mol. The second-order valence-corrected chi connectivity index (χ2v) is 8.80. The van der Waals surface area contributed by atoms with Crippen LogP contribution in [0.2, 0.25) is 0 Å². The summed E-state index contributed by atoms with van der Waals surface area (Å²) >= 11 is 0. The lowest BCUT2D eigenvalue weighted by atomic mass is 10.0. The smallest absolute Gasteiger partial charge is 0.326 e. The first-order valence-electron chi connectivity index (χ1n) is 12.4. The van der Waals surface area contributed by atoms with Crippen molar-refractivity contribution >= 4 is 17.4 Å². The van der Waals surface area contributed by atoms with Gasteiger partial charge in [-0.2, -0.15) is 0 Å². The molecule has 4 aromatic rings. The highest BCUT2D eigenvalue weighted by Gasteiger charge is 2.26. The number of methoxy groups -OCH3 is 1. The molecule has 4 aromatic carbocycles. The molecule has 190 valence electrons. The van der Waals surface area contributed by atoms with Crippen molar-refractivity contribution in [2.24, 2.45) is 0 Å². The number of amides is 2. The van der Waals surface area contributed by atoms with E-state index < -0.39 is 12.1 Å². The van der Waals surface area contributed by atoms with Crippen molar-refractivity contribution in [2.45, 2.75) is 25.1 Å². The van der Waals surface area contributed by atoms with Gasteiger partial charge < -0.3 is 20.5 Å². The average molecular weight is 496 g/mol. The van der Waals surface area contributed by atoms with Gasteiger partial charge in [0.15, 0.2) is 0 Å². The number of anilines is 2. The molecular formula is C31H33N3O3. The fraction of sp³-hybridized carbons (Fsp3) is 0.194. The number of hydrogen-bond donors (Lipinski definition) is 3. The third-order valence-electron chi connectivity index (χ3n) is 6.12. The second kappa shape index (κ2) is 13.3. The van der Waals surface area contributed by atoms with Gasteiger partial charge in [-0.05, 0) is 53.9 Å². The number of aliphatic hydroxyl groups excluding tert-OH is 1. The predicted molar refractivity (Wildman–Crippen MR) is 148 cm³/mol. The molecule has 0 spiro atoms. The number of aliphatic hydroxyl groups is 1. The van der Waals surface area contributed by atoms with E-state index in [1.807, 2.05) is 115 Å². The first kappa shape index (κ1) is 25.9. The molecule has 0 aliphatic carbocycles. The fourth-order valence-electron chi connectivity index (χ4n) is 4.20. The zero-order valence-corrected chi connectivity index (χ0v) is 21.0. The van der Waals surface area contributed by atoms with Crippen LogP contribution in [-0.2, 0) is 13.0 Å². The van der Waals surface area contributed by atoms with Crippen LogP contribution in [0.25, 0.3) is 0 Å². The normalized spacial score (nSPS) is 12.4. The van der Waals surface area contributed by atoms with Crippen LogP contribution in [0.1, 0.15) is 11.1 Å². The van der Waals surface area contributed by atoms with Crippen molar-refractivity contribution in [3.05, 3.63) is 126 Å². The van der Waals surface area contributed by atoms with Gasteiger partial charge in [-0.25, -0.2) is 4.79 Å². The fourth-order valence-corrected chi connectivity index (χ4v) is 4.20. The molecule has 0 unspecified atom stereocenters. The number of benzene rings is 4. The number of urea groups is 1. The molecule has 2 amide bonds. The van der Waals surface area contributed by atoms with Gasteiger partial charge in [0.2, 0.25) is 0 Å². The van der Waals surface area contributed by atoms with Gasteiger partial charge in [0.25, 0.3) is 0 Å². The Labute approximate surface area is 218 Å². The molecule has 0 fully saturated rings. The molecule has 6 nitrogen and oxygen atoms in total. The van der Waals surface area contributed by atoms with Crippen molar-refractivity contribution in [3.8, 4) is 5.75 Å². The van der Waals surface area contributed by atoms with E-state index in [4.69, 9.17) is 4.74 Å². The third-order valence-corrected chi connectivity index (χ3v) is 6.12. The topological polar surface area (TPSA) is 73.8 Å². The zero-order valence-electron chi connectivity index (χ0n) is 21.0. The van der Waals surface area contributed by atoms with Crippen LogP contribution >= 0.6 is 0 Å². The molecule has 0 aliphatic heterocycles. The summed E-state index contributed by atoms with van der Waals surface area (Å²) in [7, 11) is 1.64. The van der Waals surface area contributed by atoms with Crippen LogP contribution < -0.4 is 20.3 Å². The predicted octanol–water partition coefficient (Wildman–Crippen LogP) is 5.30. The van der Waals surface area contributed by atoms with Gasteiger partial charge in [0.1, 0.15) is 5.75 Å². The van der Waals surface area contributed by atoms with Crippen molar-refractivity contribution in [3.63, 3.8) is 0 Å². The number of ether oxygens (including phenoxy) is 1. The van der Waals surface area contributed by atoms with E-state index in [0.717, 1.165) is 28.3 Å². The van der Waals surface area contributed by atoms with Gasteiger partial charge >= 0.3 is 6.03 Å². The Morgan fingerprint density at radius 1 is 0.811 bits per heavy atom. The van der Waals surface area contributed by atoms with Crippen molar-refractivity contribution < 1.29 is 14.6 Å². The number of carbonyl (C=O) groups excluding carboxylic acids is 1. The maximum atomic E-state index is 13.7. The van der Waals surface area contributed by atoms with Crippen LogP contribution in [0, 0.1) is 0 Å². The summed E-state index contributed by atoms with van der Waals surface area (Å²) in [5, 5.41) is 17.6. The maximum absolute atomic E-state index is 13.7. The van der Waals surface area contributed by atoms with Gasteiger partial charge in [-0.3, -0.25) is 4.90 Å². The molecule has 2 atom stereocenters. The molecule has 0 saturated carbocycles. The van der Waals surface area contributed by atoms with Crippen LogP contribution in [-0.4, -0.2) is 36.9 Å². The van der Waals surface area contributed by atoms with E-state index in [1.54, 1.807) is 12.0 Å². The Morgan fingerprint density at radius 3 is 1.97 bits per heavy atom. The molecule has 0 radical (unpaired) electrons. The highest BCUT2D eigenvalue weighted by atomic mass is 16.5. The quantitative estimate of drug-likeness (QED) is 0.264. The maximum Gasteiger partial charge on any atom is 0.326 e. The molecule has 3 N–H and O–H groups in total. The second-order valence-electron chi connectivity index (χ2n) is 8.80. The number of carbonyl (C=O) groups is 1. The minimum atomic E-state index is -0.817. The van der Waals surface area contributed by atoms with Gasteiger partial charge in [0.05, 0.1) is 30.6 Å². The number of nitrogens with zero attached hydrogens (tertiary/aromatic N) is 1. The van der Waals surface area contributed by atoms with Crippen LogP contribution in [0.5, 0.6) is 5.75 Å². The Hall–Kier alpha value is -4.13. The summed E-state index contributed by atoms with van der Waals surface area (Å²) in [5.74, 6) is 0.788. The van der Waals surface area contributed by atoms with Crippen molar-refractivity contribution in [1.29, 1.82) is 0 Å². The SMILES string of the molecule is COc1cccc(CNC[C@H](O)[C@H](Cc2ccccc2)NC(=O)N(c2ccccc2)c2ccccc2)c1. The number of rotatable bonds is 11. The van der Waals surface area contributed by atoms with E-state index in [1.165, 1.54) is 0 Å². The molecule has 6 heteroatoms. The molecule has 0 aromatic heterocycles. The average Bonchev–Trinajstić information content (AvgIpc) is 2.94. The highest BCUT2D eigenvalue weighted by molar-refractivity contribution is 5.99. The lowest BCUT2D eigenvalue weighted by Gasteiger charge is -2.29. The van der Waals surface area contributed by atoms with Crippen LogP contribution in [0.15, 0.2) is 115 Å². The molecule has 37 heavy (non-hydrogen) atoms. The van der Waals surface area contributed by atoms with Gasteiger partial charge in [0, 0.05) is 13.1 Å². The number of para-hydroxylation sites is 2. The minimum absolute atomic E-state index is 0.301. The number of hydrogen-bond acceptors (Lipinski definition) is 4. The zero-order chi connectivity index (χ0) is 25.9. The van der Waals surface area contributed by atoms with E-state index in [0.29, 0.717) is 19.5 Å². The molecule has 4 rings (SSSR count). The summed E-state index contributed by atoms with van der Waals surface area (Å²) in [6.07, 6.45) is -0.324. The summed E-state index contributed by atoms with van der Waals surface area (Å²) in [6, 6.07) is 35.9. The summed E-state index contributed by atoms with van der Waals surface area (Å²) in [4.78, 5) is 15.3. The summed E-state index contributed by atoms with van der Waals surface area (Å²) in [5.41, 5.74) is 3.57. The molecule has 0 bridgehead atoms. The third kappa shape index (κ3) is 7.43. The summed E-state index contributed by atoms with van der Waals surface area (Å²) in [6.45, 7) is 0.881. The highest BCUT2D eigenvalue weighted by Crippen LogP contribution is 2.25. The Bertz CT molecular complexity index is 1200. The van der Waals surface area contributed by atoms with E-state index in [9.17, 15) is 9.90 Å². The van der Waals surface area contributed by atoms with Crippen molar-refractivity contribution in [2.75, 3.05) is 18.6 Å². The first-order chi connectivity index (χ1) is 18.1. The van der Waals surface area contributed by atoms with E-state index >= 15 is 0 Å². The first-order valence-corrected chi connectivity index (χ1v) is 12.4. The lowest BCUT2D eigenvalue weighted by Crippen LogP contribution is -2.51. The van der Waals surface area contributed by atoms with Gasteiger partial charge in [-0.1, -0.05) is 78.9 Å².